The van der Waals surface area contributed by atoms with Crippen LogP contribution in [0.15, 0.2) is 71.9 Å². The van der Waals surface area contributed by atoms with E-state index in [0.717, 1.165) is 24.1 Å². The molecule has 0 unspecified atom stereocenters. The summed E-state index contributed by atoms with van der Waals surface area (Å²) in [6, 6.07) is 15.3. The van der Waals surface area contributed by atoms with Crippen LogP contribution in [0, 0.1) is 0 Å². The lowest BCUT2D eigenvalue weighted by Crippen LogP contribution is -2.41. The zero-order valence-electron chi connectivity index (χ0n) is 18.0. The molecule has 4 rings (SSSR count). The van der Waals surface area contributed by atoms with E-state index < -0.39 is 15.9 Å². The van der Waals surface area contributed by atoms with Gasteiger partial charge in [-0.2, -0.15) is 9.40 Å². The molecular weight excluding hydrogens is 442 g/mol. The van der Waals surface area contributed by atoms with Crippen molar-refractivity contribution in [2.75, 3.05) is 13.1 Å². The highest BCUT2D eigenvalue weighted by Crippen LogP contribution is 2.21. The van der Waals surface area contributed by atoms with Crippen LogP contribution in [0.4, 0.5) is 0 Å². The van der Waals surface area contributed by atoms with Crippen LogP contribution in [0.2, 0.25) is 0 Å². The largest absolute Gasteiger partial charge is 0.273 e. The molecule has 33 heavy (non-hydrogen) atoms. The van der Waals surface area contributed by atoms with Gasteiger partial charge in [0.2, 0.25) is 15.9 Å². The van der Waals surface area contributed by atoms with E-state index in [0.29, 0.717) is 19.5 Å². The molecule has 1 aliphatic heterocycles. The maximum Gasteiger partial charge on any atom is 0.269 e. The van der Waals surface area contributed by atoms with Crippen LogP contribution in [-0.4, -0.2) is 47.4 Å². The lowest BCUT2D eigenvalue weighted by atomic mass is 10.2. The molecule has 2 amide bonds. The first-order valence-electron chi connectivity index (χ1n) is 10.7. The summed E-state index contributed by atoms with van der Waals surface area (Å²) >= 11 is 0. The second-order valence-corrected chi connectivity index (χ2v) is 9.70. The number of amides is 2. The average molecular weight is 468 g/mol. The molecule has 2 aromatic carbocycles. The Morgan fingerprint density at radius 1 is 0.939 bits per heavy atom. The number of aryl methyl sites for hydroxylation is 1. The fourth-order valence-electron chi connectivity index (χ4n) is 3.59. The van der Waals surface area contributed by atoms with E-state index in [4.69, 9.17) is 0 Å². The van der Waals surface area contributed by atoms with Crippen LogP contribution in [0.1, 0.15) is 35.2 Å². The van der Waals surface area contributed by atoms with E-state index in [1.54, 1.807) is 10.9 Å². The van der Waals surface area contributed by atoms with Crippen LogP contribution in [0.25, 0.3) is 5.69 Å². The van der Waals surface area contributed by atoms with Gasteiger partial charge in [-0.3, -0.25) is 20.4 Å². The Balaban J connectivity index is 1.25. The Morgan fingerprint density at radius 2 is 1.64 bits per heavy atom. The number of rotatable bonds is 7. The standard InChI is InChI=1S/C23H25N5O4S/c29-22(13-8-18-16-24-28(17-18)20-6-2-1-3-7-20)25-26-23(30)19-9-11-21(12-10-19)33(31,32)27-14-4-5-15-27/h1-3,6-7,9-12,16-17H,4-5,8,13-15H2,(H,25,29)(H,26,30). The number of aromatic nitrogens is 2. The lowest BCUT2D eigenvalue weighted by Gasteiger charge is -2.15. The predicted molar refractivity (Wildman–Crippen MR) is 122 cm³/mol. The Hall–Kier alpha value is -3.50. The first-order valence-corrected chi connectivity index (χ1v) is 12.2. The zero-order valence-corrected chi connectivity index (χ0v) is 18.8. The summed E-state index contributed by atoms with van der Waals surface area (Å²) < 4.78 is 28.3. The molecule has 10 heteroatoms. The van der Waals surface area contributed by atoms with Gasteiger partial charge in [-0.1, -0.05) is 18.2 Å². The van der Waals surface area contributed by atoms with Crippen LogP contribution < -0.4 is 10.9 Å². The molecule has 0 bridgehead atoms. The molecule has 0 atom stereocenters. The first kappa shape index (κ1) is 22.7. The molecule has 172 valence electrons. The summed E-state index contributed by atoms with van der Waals surface area (Å²) in [6.07, 6.45) is 5.92. The Bertz CT molecular complexity index is 1220. The number of carbonyl (C=O) groups excluding carboxylic acids is 2. The molecule has 2 N–H and O–H groups in total. The van der Waals surface area contributed by atoms with Gasteiger partial charge in [0.05, 0.1) is 16.8 Å². The van der Waals surface area contributed by atoms with Gasteiger partial charge in [-0.05, 0) is 61.2 Å². The van der Waals surface area contributed by atoms with Gasteiger partial charge in [-0.15, -0.1) is 0 Å². The summed E-state index contributed by atoms with van der Waals surface area (Å²) in [5, 5.41) is 4.30. The Labute approximate surface area is 192 Å². The molecule has 0 saturated carbocycles. The summed E-state index contributed by atoms with van der Waals surface area (Å²) in [7, 11) is -3.53. The molecule has 9 nitrogen and oxygen atoms in total. The molecule has 3 aromatic rings. The second-order valence-electron chi connectivity index (χ2n) is 7.77. The van der Waals surface area contributed by atoms with Gasteiger partial charge in [0.1, 0.15) is 0 Å². The fourth-order valence-corrected chi connectivity index (χ4v) is 5.10. The number of nitrogens with zero attached hydrogens (tertiary/aromatic N) is 3. The highest BCUT2D eigenvalue weighted by Gasteiger charge is 2.27. The van der Waals surface area contributed by atoms with E-state index in [9.17, 15) is 18.0 Å². The molecular formula is C23H25N5O4S. The normalized spacial score (nSPS) is 14.2. The van der Waals surface area contributed by atoms with Crippen molar-refractivity contribution in [3.63, 3.8) is 0 Å². The number of hydrogen-bond donors (Lipinski definition) is 2. The summed E-state index contributed by atoms with van der Waals surface area (Å²) in [4.78, 5) is 24.6. The van der Waals surface area contributed by atoms with Gasteiger partial charge in [0.25, 0.3) is 5.91 Å². The molecule has 0 spiro atoms. The summed E-state index contributed by atoms with van der Waals surface area (Å²) in [6.45, 7) is 1.04. The highest BCUT2D eigenvalue weighted by molar-refractivity contribution is 7.89. The molecule has 1 aromatic heterocycles. The van der Waals surface area contributed by atoms with Crippen molar-refractivity contribution in [1.29, 1.82) is 0 Å². The van der Waals surface area contributed by atoms with E-state index in [1.807, 2.05) is 36.5 Å². The number of hydrazine groups is 1. The molecule has 1 aliphatic rings. The Kier molecular flexibility index (Phi) is 6.85. The molecule has 0 radical (unpaired) electrons. The smallest absolute Gasteiger partial charge is 0.269 e. The van der Waals surface area contributed by atoms with Crippen molar-refractivity contribution in [3.05, 3.63) is 78.1 Å². The number of hydrogen-bond acceptors (Lipinski definition) is 5. The van der Waals surface area contributed by atoms with Crippen LogP contribution in [0.3, 0.4) is 0 Å². The molecule has 1 fully saturated rings. The van der Waals surface area contributed by atoms with Gasteiger partial charge in [0.15, 0.2) is 0 Å². The van der Waals surface area contributed by atoms with Crippen molar-refractivity contribution >= 4 is 21.8 Å². The Morgan fingerprint density at radius 3 is 2.33 bits per heavy atom. The number of nitrogens with one attached hydrogen (secondary N) is 2. The summed E-state index contributed by atoms with van der Waals surface area (Å²) in [5.74, 6) is -0.866. The van der Waals surface area contributed by atoms with Crippen molar-refractivity contribution in [2.45, 2.75) is 30.6 Å². The van der Waals surface area contributed by atoms with Crippen molar-refractivity contribution < 1.29 is 18.0 Å². The summed E-state index contributed by atoms with van der Waals surface area (Å²) in [5.41, 5.74) is 6.83. The van der Waals surface area contributed by atoms with Crippen molar-refractivity contribution in [1.82, 2.24) is 24.9 Å². The number of benzene rings is 2. The maximum absolute atomic E-state index is 12.6. The van der Waals surface area contributed by atoms with Gasteiger partial charge in [0, 0.05) is 31.3 Å². The third kappa shape index (κ3) is 5.47. The minimum absolute atomic E-state index is 0.154. The third-order valence-electron chi connectivity index (χ3n) is 5.43. The molecule has 2 heterocycles. The van der Waals surface area contributed by atoms with E-state index in [-0.39, 0.29) is 22.8 Å². The third-order valence-corrected chi connectivity index (χ3v) is 7.35. The van der Waals surface area contributed by atoms with Gasteiger partial charge in [-0.25, -0.2) is 13.1 Å². The predicted octanol–water partition coefficient (Wildman–Crippen LogP) is 2.05. The van der Waals surface area contributed by atoms with E-state index in [2.05, 4.69) is 16.0 Å². The fraction of sp³-hybridized carbons (Fsp3) is 0.261. The van der Waals surface area contributed by atoms with E-state index in [1.165, 1.54) is 28.6 Å². The maximum atomic E-state index is 12.6. The number of para-hydroxylation sites is 1. The van der Waals surface area contributed by atoms with Crippen LogP contribution >= 0.6 is 0 Å². The highest BCUT2D eigenvalue weighted by atomic mass is 32.2. The number of sulfonamides is 1. The average Bonchev–Trinajstić information content (AvgIpc) is 3.55. The van der Waals surface area contributed by atoms with Crippen LogP contribution in [-0.2, 0) is 21.2 Å². The number of carbonyl (C=O) groups is 2. The molecule has 1 saturated heterocycles. The first-order chi connectivity index (χ1) is 15.9. The molecule has 0 aliphatic carbocycles. The minimum atomic E-state index is -3.53. The zero-order chi connectivity index (χ0) is 23.3. The van der Waals surface area contributed by atoms with Crippen LogP contribution in [0.5, 0.6) is 0 Å². The van der Waals surface area contributed by atoms with Crippen molar-refractivity contribution in [3.8, 4) is 5.69 Å². The minimum Gasteiger partial charge on any atom is -0.273 e. The topological polar surface area (TPSA) is 113 Å². The van der Waals surface area contributed by atoms with Gasteiger partial charge >= 0.3 is 0 Å². The van der Waals surface area contributed by atoms with Gasteiger partial charge < -0.3 is 0 Å². The monoisotopic (exact) mass is 467 g/mol. The van der Waals surface area contributed by atoms with E-state index >= 15 is 0 Å². The van der Waals surface area contributed by atoms with Crippen molar-refractivity contribution in [2.24, 2.45) is 0 Å². The lowest BCUT2D eigenvalue weighted by molar-refractivity contribution is -0.121. The second kappa shape index (κ2) is 9.97. The quantitative estimate of drug-likeness (QED) is 0.517. The SMILES string of the molecule is O=C(CCc1cnn(-c2ccccc2)c1)NNC(=O)c1ccc(S(=O)(=O)N2CCCC2)cc1.